The topological polar surface area (TPSA) is 194 Å². The molecule has 3 rings (SSSR count). The lowest BCUT2D eigenvalue weighted by molar-refractivity contribution is -0.167. The highest BCUT2D eigenvalue weighted by atomic mass is 16.6. The van der Waals surface area contributed by atoms with Crippen molar-refractivity contribution in [3.05, 3.63) is 36.5 Å². The molecule has 3 aliphatic heterocycles. The summed E-state index contributed by atoms with van der Waals surface area (Å²) in [6.07, 6.45) is 10.5. The summed E-state index contributed by atoms with van der Waals surface area (Å²) in [4.78, 5) is 98.9. The second-order valence-electron chi connectivity index (χ2n) is 11.5. The zero-order valence-electron chi connectivity index (χ0n) is 26.9. The van der Waals surface area contributed by atoms with Gasteiger partial charge in [0.05, 0.1) is 0 Å². The molecule has 5 amide bonds. The fraction of sp³-hybridized carbons (Fsp3) is 0.576. The maximum absolute atomic E-state index is 12.5. The van der Waals surface area contributed by atoms with Crippen molar-refractivity contribution in [2.45, 2.75) is 89.4 Å². The highest BCUT2D eigenvalue weighted by Crippen LogP contribution is 2.13. The van der Waals surface area contributed by atoms with Gasteiger partial charge in [0.25, 0.3) is 23.6 Å². The fourth-order valence-corrected chi connectivity index (χ4v) is 5.08. The number of hydrogen-bond acceptors (Lipinski definition) is 12. The molecule has 3 aliphatic rings. The molecule has 0 radical (unpaired) electrons. The second-order valence-corrected chi connectivity index (χ2v) is 11.5. The number of carbonyl (C=O) groups excluding carboxylic acids is 8. The van der Waals surface area contributed by atoms with Gasteiger partial charge in [0, 0.05) is 69.3 Å². The molecule has 0 spiro atoms. The summed E-state index contributed by atoms with van der Waals surface area (Å²) in [5.41, 5.74) is 0. The van der Waals surface area contributed by atoms with Crippen molar-refractivity contribution in [1.82, 2.24) is 14.7 Å². The SMILES string of the molecule is O=C(CCCCCN1C(=O)C=CC1=O)OCC(COC(=O)CCCCCN1C(=O)C=CC1O)OC(=O)CCCCCN1C(=O)C=CC1=O. The third kappa shape index (κ3) is 12.9. The number of rotatable bonds is 23. The first-order valence-electron chi connectivity index (χ1n) is 16.3. The predicted molar refractivity (Wildman–Crippen MR) is 166 cm³/mol. The van der Waals surface area contributed by atoms with Gasteiger partial charge in [-0.3, -0.25) is 48.2 Å². The van der Waals surface area contributed by atoms with Crippen LogP contribution in [0.5, 0.6) is 0 Å². The van der Waals surface area contributed by atoms with Crippen LogP contribution in [0.15, 0.2) is 36.5 Å². The number of nitrogens with zero attached hydrogens (tertiary/aromatic N) is 3. The molecular formula is C33H43N3O12. The van der Waals surface area contributed by atoms with Crippen LogP contribution in [0.2, 0.25) is 0 Å². The molecule has 1 N–H and O–H groups in total. The summed E-state index contributed by atoms with van der Waals surface area (Å²) in [6, 6.07) is 0. The minimum atomic E-state index is -1.04. The molecule has 0 aromatic heterocycles. The molecule has 0 aromatic carbocycles. The molecule has 2 atom stereocenters. The van der Waals surface area contributed by atoms with E-state index in [1.54, 1.807) is 0 Å². The van der Waals surface area contributed by atoms with Crippen molar-refractivity contribution in [3.63, 3.8) is 0 Å². The number of ether oxygens (including phenoxy) is 3. The summed E-state index contributed by atoms with van der Waals surface area (Å²) in [7, 11) is 0. The number of amides is 5. The molecule has 0 aromatic rings. The standard InChI is InChI=1S/C33H43N3O12/c37-25-13-14-26(38)34(25)19-7-1-4-10-31(43)46-22-24(48-33(45)12-6-3-9-21-36-29(41)17-18-30(36)42)23-47-32(44)11-5-2-8-20-35-27(39)15-16-28(35)40/h13-18,24-25,37H,1-12,19-23H2. The van der Waals surface area contributed by atoms with Crippen LogP contribution < -0.4 is 0 Å². The summed E-state index contributed by atoms with van der Waals surface area (Å²) >= 11 is 0. The lowest BCUT2D eigenvalue weighted by Crippen LogP contribution is -2.34. The summed E-state index contributed by atoms with van der Waals surface area (Å²) in [6.45, 7) is 0.207. The lowest BCUT2D eigenvalue weighted by Gasteiger charge is -2.20. The molecule has 3 heterocycles. The average molecular weight is 674 g/mol. The Kier molecular flexibility index (Phi) is 15.6. The number of aliphatic hydroxyl groups excluding tert-OH is 1. The fourth-order valence-electron chi connectivity index (χ4n) is 5.08. The predicted octanol–water partition coefficient (Wildman–Crippen LogP) is 1.23. The Bertz CT molecular complexity index is 1270. The van der Waals surface area contributed by atoms with Gasteiger partial charge in [-0.05, 0) is 44.6 Å². The van der Waals surface area contributed by atoms with E-state index in [-0.39, 0.29) is 75.1 Å². The van der Waals surface area contributed by atoms with E-state index in [4.69, 9.17) is 14.2 Å². The number of aliphatic hydroxyl groups is 1. The summed E-state index contributed by atoms with van der Waals surface area (Å²) in [5.74, 6) is -3.38. The van der Waals surface area contributed by atoms with Gasteiger partial charge in [-0.2, -0.15) is 0 Å². The molecule has 48 heavy (non-hydrogen) atoms. The molecule has 15 heteroatoms. The Balaban J connectivity index is 1.34. The molecule has 262 valence electrons. The zero-order valence-corrected chi connectivity index (χ0v) is 26.9. The van der Waals surface area contributed by atoms with Gasteiger partial charge >= 0.3 is 17.9 Å². The van der Waals surface area contributed by atoms with Gasteiger partial charge in [-0.25, -0.2) is 0 Å². The van der Waals surface area contributed by atoms with E-state index in [1.807, 2.05) is 0 Å². The average Bonchev–Trinajstić information content (AvgIpc) is 3.68. The van der Waals surface area contributed by atoms with Crippen molar-refractivity contribution < 1.29 is 57.7 Å². The van der Waals surface area contributed by atoms with Crippen LogP contribution in [0.1, 0.15) is 77.0 Å². The van der Waals surface area contributed by atoms with Crippen molar-refractivity contribution in [2.75, 3.05) is 32.8 Å². The number of unbranched alkanes of at least 4 members (excludes halogenated alkanes) is 6. The zero-order chi connectivity index (χ0) is 34.9. The molecule has 0 bridgehead atoms. The minimum absolute atomic E-state index is 0.0276. The van der Waals surface area contributed by atoms with Crippen LogP contribution in [-0.4, -0.2) is 112 Å². The smallest absolute Gasteiger partial charge is 0.306 e. The number of esters is 3. The molecule has 15 nitrogen and oxygen atoms in total. The quantitative estimate of drug-likeness (QED) is 0.0707. The highest BCUT2D eigenvalue weighted by molar-refractivity contribution is 6.13. The van der Waals surface area contributed by atoms with E-state index < -0.39 is 30.2 Å². The third-order valence-corrected chi connectivity index (χ3v) is 7.78. The van der Waals surface area contributed by atoms with Gasteiger partial charge in [0.2, 0.25) is 5.91 Å². The molecule has 0 saturated carbocycles. The molecule has 0 aliphatic carbocycles. The maximum atomic E-state index is 12.5. The Labute approximate surface area is 278 Å². The van der Waals surface area contributed by atoms with Gasteiger partial charge in [-0.15, -0.1) is 0 Å². The van der Waals surface area contributed by atoms with Gasteiger partial charge in [0.1, 0.15) is 19.4 Å². The first kappa shape index (κ1) is 37.8. The molecule has 2 unspecified atom stereocenters. The minimum Gasteiger partial charge on any atom is -0.462 e. The monoisotopic (exact) mass is 673 g/mol. The Morgan fingerprint density at radius 2 is 0.979 bits per heavy atom. The molecule has 0 saturated heterocycles. The number of hydrogen-bond donors (Lipinski definition) is 1. The van der Waals surface area contributed by atoms with Crippen LogP contribution in [0.3, 0.4) is 0 Å². The molecule has 0 fully saturated rings. The van der Waals surface area contributed by atoms with E-state index >= 15 is 0 Å². The van der Waals surface area contributed by atoms with Crippen LogP contribution in [0, 0.1) is 0 Å². The Hall–Kier alpha value is -4.66. The first-order chi connectivity index (χ1) is 23.0. The third-order valence-electron chi connectivity index (χ3n) is 7.78. The van der Waals surface area contributed by atoms with Crippen molar-refractivity contribution in [1.29, 1.82) is 0 Å². The van der Waals surface area contributed by atoms with Gasteiger partial charge < -0.3 is 24.2 Å². The highest BCUT2D eigenvalue weighted by Gasteiger charge is 2.25. The second kappa shape index (κ2) is 19.9. The van der Waals surface area contributed by atoms with Gasteiger partial charge in [-0.1, -0.05) is 19.3 Å². The molecular weight excluding hydrogens is 630 g/mol. The summed E-state index contributed by atoms with van der Waals surface area (Å²) < 4.78 is 16.0. The van der Waals surface area contributed by atoms with Gasteiger partial charge in [0.15, 0.2) is 6.10 Å². The Morgan fingerprint density at radius 1 is 0.562 bits per heavy atom. The van der Waals surface area contributed by atoms with E-state index in [0.717, 1.165) is 9.80 Å². The van der Waals surface area contributed by atoms with E-state index in [0.29, 0.717) is 64.3 Å². The van der Waals surface area contributed by atoms with Crippen molar-refractivity contribution >= 4 is 47.4 Å². The number of carbonyl (C=O) groups is 8. The van der Waals surface area contributed by atoms with Crippen molar-refractivity contribution in [3.8, 4) is 0 Å². The Morgan fingerprint density at radius 3 is 1.40 bits per heavy atom. The largest absolute Gasteiger partial charge is 0.462 e. The lowest BCUT2D eigenvalue weighted by atomic mass is 10.2. The van der Waals surface area contributed by atoms with E-state index in [9.17, 15) is 43.5 Å². The summed E-state index contributed by atoms with van der Waals surface area (Å²) in [5, 5.41) is 9.74. The van der Waals surface area contributed by atoms with Crippen molar-refractivity contribution in [2.24, 2.45) is 0 Å². The normalized spacial score (nSPS) is 17.6. The van der Waals surface area contributed by atoms with Crippen LogP contribution in [0.25, 0.3) is 0 Å². The van der Waals surface area contributed by atoms with Crippen LogP contribution in [0.4, 0.5) is 0 Å². The van der Waals surface area contributed by atoms with Crippen LogP contribution in [-0.2, 0) is 52.6 Å². The van der Waals surface area contributed by atoms with E-state index in [2.05, 4.69) is 0 Å². The maximum Gasteiger partial charge on any atom is 0.306 e. The first-order valence-corrected chi connectivity index (χ1v) is 16.3. The number of imide groups is 2. The van der Waals surface area contributed by atoms with Crippen LogP contribution >= 0.6 is 0 Å². The van der Waals surface area contributed by atoms with E-state index in [1.165, 1.54) is 41.4 Å².